The molecule has 1 N–H and O–H groups in total. The van der Waals surface area contributed by atoms with Crippen molar-refractivity contribution >= 4 is 17.0 Å². The molecule has 0 spiro atoms. The highest BCUT2D eigenvalue weighted by Gasteiger charge is 2.32. The summed E-state index contributed by atoms with van der Waals surface area (Å²) in [4.78, 5) is 12.0. The number of hydrogen-bond acceptors (Lipinski definition) is 5. The van der Waals surface area contributed by atoms with E-state index in [0.29, 0.717) is 22.7 Å². The second-order valence-electron chi connectivity index (χ2n) is 6.43. The van der Waals surface area contributed by atoms with Gasteiger partial charge in [-0.1, -0.05) is 32.3 Å². The first-order chi connectivity index (χ1) is 14.9. The fraction of sp³-hybridized carbons (Fsp3) is 0.182. The Labute approximate surface area is 177 Å². The highest BCUT2D eigenvalue weighted by Crippen LogP contribution is 2.29. The Hall–Kier alpha value is -3.93. The molecule has 0 radical (unpaired) electrons. The van der Waals surface area contributed by atoms with Crippen LogP contribution in [0.4, 0.5) is 24.7 Å². The van der Waals surface area contributed by atoms with Crippen LogP contribution in [-0.2, 0) is 6.18 Å². The molecule has 0 fully saturated rings. The topological polar surface area (TPSA) is 68.0 Å². The van der Waals surface area contributed by atoms with Crippen molar-refractivity contribution in [1.82, 2.24) is 24.6 Å². The van der Waals surface area contributed by atoms with Crippen LogP contribution >= 0.6 is 0 Å². The number of rotatable bonds is 3. The molecular formula is C22H19F3N6. The molecule has 158 valence electrons. The van der Waals surface area contributed by atoms with E-state index in [-0.39, 0.29) is 11.5 Å². The SMILES string of the molecule is C#Cc1cc(Nc2nc(-c3cccc(C(F)(F)F)n3)nn3cccc23)ccn1.CCC. The molecule has 0 aliphatic carbocycles. The van der Waals surface area contributed by atoms with E-state index in [2.05, 4.69) is 45.1 Å². The average Bonchev–Trinajstić information content (AvgIpc) is 3.23. The molecule has 0 aromatic carbocycles. The Kier molecular flexibility index (Phi) is 6.50. The van der Waals surface area contributed by atoms with E-state index in [0.717, 1.165) is 6.07 Å². The normalized spacial score (nSPS) is 10.8. The van der Waals surface area contributed by atoms with E-state index in [9.17, 15) is 13.2 Å². The summed E-state index contributed by atoms with van der Waals surface area (Å²) in [6.45, 7) is 4.25. The molecule has 0 aliphatic heterocycles. The number of aromatic nitrogens is 5. The number of anilines is 2. The van der Waals surface area contributed by atoms with Gasteiger partial charge in [0.1, 0.15) is 22.6 Å². The first-order valence-electron chi connectivity index (χ1n) is 9.45. The third-order valence-corrected chi connectivity index (χ3v) is 3.83. The van der Waals surface area contributed by atoms with Crippen LogP contribution in [0.3, 0.4) is 0 Å². The van der Waals surface area contributed by atoms with Crippen molar-refractivity contribution < 1.29 is 13.2 Å². The van der Waals surface area contributed by atoms with Crippen LogP contribution < -0.4 is 5.32 Å². The molecule has 6 nitrogen and oxygen atoms in total. The standard InChI is InChI=1S/C19H11F3N6.C3H8/c1-2-12-11-13(8-9-23-12)24-18-15-6-4-10-28(15)27-17(26-18)14-5-3-7-16(25-14)19(20,21)22;1-3-2/h1,3-11H,(H,23,24,26,27);3H2,1-2H3. The van der Waals surface area contributed by atoms with Crippen LogP contribution in [0.2, 0.25) is 0 Å². The minimum Gasteiger partial charge on any atom is -0.338 e. The summed E-state index contributed by atoms with van der Waals surface area (Å²) in [6, 6.07) is 10.5. The molecule has 4 rings (SSSR count). The third-order valence-electron chi connectivity index (χ3n) is 3.83. The number of nitrogens with one attached hydrogen (secondary N) is 1. The van der Waals surface area contributed by atoms with Gasteiger partial charge in [0.2, 0.25) is 5.82 Å². The lowest BCUT2D eigenvalue weighted by atomic mass is 10.3. The van der Waals surface area contributed by atoms with Crippen LogP contribution in [0, 0.1) is 12.3 Å². The lowest BCUT2D eigenvalue weighted by Crippen LogP contribution is -2.09. The molecule has 0 saturated heterocycles. The first-order valence-corrected chi connectivity index (χ1v) is 9.45. The molecule has 4 aromatic rings. The molecule has 0 bridgehead atoms. The van der Waals surface area contributed by atoms with Crippen LogP contribution in [0.1, 0.15) is 31.7 Å². The summed E-state index contributed by atoms with van der Waals surface area (Å²) < 4.78 is 40.5. The van der Waals surface area contributed by atoms with Crippen molar-refractivity contribution in [2.24, 2.45) is 0 Å². The fourth-order valence-electron chi connectivity index (χ4n) is 2.58. The second-order valence-corrected chi connectivity index (χ2v) is 6.43. The van der Waals surface area contributed by atoms with Gasteiger partial charge in [-0.25, -0.2) is 19.5 Å². The molecular weight excluding hydrogens is 405 g/mol. The van der Waals surface area contributed by atoms with Gasteiger partial charge >= 0.3 is 6.18 Å². The number of terminal acetylenes is 1. The zero-order valence-corrected chi connectivity index (χ0v) is 16.9. The minimum absolute atomic E-state index is 0.00696. The largest absolute Gasteiger partial charge is 0.433 e. The van der Waals surface area contributed by atoms with Crippen LogP contribution in [-0.4, -0.2) is 24.6 Å². The Balaban J connectivity index is 0.000000858. The lowest BCUT2D eigenvalue weighted by molar-refractivity contribution is -0.141. The number of fused-ring (bicyclic) bond motifs is 1. The Bertz CT molecular complexity index is 1220. The van der Waals surface area contributed by atoms with Gasteiger partial charge < -0.3 is 5.32 Å². The van der Waals surface area contributed by atoms with Crippen LogP contribution in [0.15, 0.2) is 54.9 Å². The molecule has 4 heterocycles. The van der Waals surface area contributed by atoms with Gasteiger partial charge in [-0.3, -0.25) is 0 Å². The maximum Gasteiger partial charge on any atom is 0.433 e. The summed E-state index contributed by atoms with van der Waals surface area (Å²) in [5.41, 5.74) is 0.698. The van der Waals surface area contributed by atoms with E-state index in [1.54, 1.807) is 36.7 Å². The monoisotopic (exact) mass is 424 g/mol. The van der Waals surface area contributed by atoms with E-state index in [1.807, 2.05) is 0 Å². The summed E-state index contributed by atoms with van der Waals surface area (Å²) in [5, 5.41) is 7.36. The summed E-state index contributed by atoms with van der Waals surface area (Å²) in [7, 11) is 0. The zero-order chi connectivity index (χ0) is 22.4. The predicted octanol–water partition coefficient (Wildman–Crippen LogP) is 5.35. The molecule has 9 heteroatoms. The van der Waals surface area contributed by atoms with E-state index >= 15 is 0 Å². The zero-order valence-electron chi connectivity index (χ0n) is 16.9. The molecule has 0 atom stereocenters. The molecule has 0 unspecified atom stereocenters. The molecule has 0 amide bonds. The fourth-order valence-corrected chi connectivity index (χ4v) is 2.58. The second kappa shape index (κ2) is 9.26. The molecule has 4 aromatic heterocycles. The van der Waals surface area contributed by atoms with Gasteiger partial charge in [-0.05, 0) is 36.4 Å². The smallest absolute Gasteiger partial charge is 0.338 e. The van der Waals surface area contributed by atoms with Gasteiger partial charge in [0.05, 0.1) is 0 Å². The predicted molar refractivity (Wildman–Crippen MR) is 113 cm³/mol. The number of pyridine rings is 2. The molecule has 0 saturated carbocycles. The minimum atomic E-state index is -4.56. The summed E-state index contributed by atoms with van der Waals surface area (Å²) in [6.07, 6.45) is 5.27. The maximum atomic E-state index is 13.0. The van der Waals surface area contributed by atoms with Crippen LogP contribution in [0.25, 0.3) is 17.0 Å². The highest BCUT2D eigenvalue weighted by atomic mass is 19.4. The first kappa shape index (κ1) is 21.8. The van der Waals surface area contributed by atoms with E-state index in [4.69, 9.17) is 6.42 Å². The number of alkyl halides is 3. The Morgan fingerprint density at radius 2 is 1.87 bits per heavy atom. The number of nitrogens with zero attached hydrogens (tertiary/aromatic N) is 5. The quantitative estimate of drug-likeness (QED) is 0.449. The van der Waals surface area contributed by atoms with Gasteiger partial charge in [0, 0.05) is 18.1 Å². The van der Waals surface area contributed by atoms with Gasteiger partial charge in [-0.15, -0.1) is 11.5 Å². The van der Waals surface area contributed by atoms with Crippen LogP contribution in [0.5, 0.6) is 0 Å². The maximum absolute atomic E-state index is 13.0. The molecule has 0 aliphatic rings. The van der Waals surface area contributed by atoms with E-state index in [1.165, 1.54) is 23.1 Å². The van der Waals surface area contributed by atoms with Gasteiger partial charge in [0.15, 0.2) is 5.82 Å². The van der Waals surface area contributed by atoms with Crippen molar-refractivity contribution in [3.63, 3.8) is 0 Å². The molecule has 31 heavy (non-hydrogen) atoms. The van der Waals surface area contributed by atoms with Crippen molar-refractivity contribution in [3.05, 3.63) is 66.2 Å². The number of hydrogen-bond donors (Lipinski definition) is 1. The number of halogens is 3. The lowest BCUT2D eigenvalue weighted by Gasteiger charge is -2.11. The third kappa shape index (κ3) is 5.17. The summed E-state index contributed by atoms with van der Waals surface area (Å²) in [5.74, 6) is 2.87. The van der Waals surface area contributed by atoms with Crippen molar-refractivity contribution in [3.8, 4) is 23.9 Å². The Morgan fingerprint density at radius 1 is 1.10 bits per heavy atom. The van der Waals surface area contributed by atoms with Crippen molar-refractivity contribution in [2.45, 2.75) is 26.4 Å². The average molecular weight is 424 g/mol. The highest BCUT2D eigenvalue weighted by molar-refractivity contribution is 5.75. The van der Waals surface area contributed by atoms with Gasteiger partial charge in [0.25, 0.3) is 0 Å². The van der Waals surface area contributed by atoms with Gasteiger partial charge in [-0.2, -0.15) is 13.2 Å². The summed E-state index contributed by atoms with van der Waals surface area (Å²) >= 11 is 0. The Morgan fingerprint density at radius 3 is 2.58 bits per heavy atom. The van der Waals surface area contributed by atoms with Crippen molar-refractivity contribution in [2.75, 3.05) is 5.32 Å². The van der Waals surface area contributed by atoms with Crippen molar-refractivity contribution in [1.29, 1.82) is 0 Å². The van der Waals surface area contributed by atoms with E-state index < -0.39 is 11.9 Å².